The van der Waals surface area contributed by atoms with E-state index in [9.17, 15) is 9.59 Å². The van der Waals surface area contributed by atoms with Crippen molar-refractivity contribution < 1.29 is 14.0 Å². The zero-order chi connectivity index (χ0) is 16.6. The maximum atomic E-state index is 12.7. The van der Waals surface area contributed by atoms with E-state index in [1.807, 2.05) is 42.2 Å². The minimum atomic E-state index is -0.455. The molecule has 1 aromatic heterocycles. The van der Waals surface area contributed by atoms with E-state index in [-0.39, 0.29) is 18.4 Å². The topological polar surface area (TPSA) is 65.8 Å². The fourth-order valence-electron chi connectivity index (χ4n) is 2.89. The average molecular weight is 313 g/mol. The van der Waals surface area contributed by atoms with Gasteiger partial charge in [-0.3, -0.25) is 9.59 Å². The molecule has 0 unspecified atom stereocenters. The molecule has 2 aromatic rings. The Balaban J connectivity index is 2.12. The van der Waals surface area contributed by atoms with Crippen molar-refractivity contribution >= 4 is 17.5 Å². The van der Waals surface area contributed by atoms with Crippen LogP contribution in [0.2, 0.25) is 0 Å². The Hall–Kier alpha value is -2.76. The van der Waals surface area contributed by atoms with E-state index in [4.69, 9.17) is 4.42 Å². The molecule has 0 saturated heterocycles. The first-order valence-electron chi connectivity index (χ1n) is 7.42. The van der Waals surface area contributed by atoms with Gasteiger partial charge in [0, 0.05) is 14.1 Å². The highest BCUT2D eigenvalue weighted by Gasteiger charge is 2.38. The SMILES string of the molecule is CNC(=O)CN1c2ccccc2C(=O)N(C)[C@H]1c1ccc(C)o1. The van der Waals surface area contributed by atoms with E-state index >= 15 is 0 Å². The summed E-state index contributed by atoms with van der Waals surface area (Å²) in [5.74, 6) is 1.18. The Labute approximate surface area is 134 Å². The second-order valence-electron chi connectivity index (χ2n) is 5.56. The van der Waals surface area contributed by atoms with Gasteiger partial charge in [0.05, 0.1) is 17.8 Å². The number of para-hydroxylation sites is 1. The number of amides is 2. The molecule has 0 radical (unpaired) electrons. The van der Waals surface area contributed by atoms with Gasteiger partial charge in [-0.15, -0.1) is 0 Å². The van der Waals surface area contributed by atoms with Crippen LogP contribution in [0.15, 0.2) is 40.8 Å². The molecule has 0 saturated carbocycles. The fraction of sp³-hybridized carbons (Fsp3) is 0.294. The highest BCUT2D eigenvalue weighted by Crippen LogP contribution is 2.38. The third-order valence-corrected chi connectivity index (χ3v) is 4.03. The number of anilines is 1. The van der Waals surface area contributed by atoms with Crippen LogP contribution in [-0.4, -0.2) is 37.4 Å². The number of carbonyl (C=O) groups is 2. The Morgan fingerprint density at radius 1 is 1.26 bits per heavy atom. The third kappa shape index (κ3) is 2.56. The zero-order valence-corrected chi connectivity index (χ0v) is 13.4. The van der Waals surface area contributed by atoms with Gasteiger partial charge >= 0.3 is 0 Å². The van der Waals surface area contributed by atoms with Gasteiger partial charge in [-0.25, -0.2) is 0 Å². The van der Waals surface area contributed by atoms with Crippen molar-refractivity contribution in [3.8, 4) is 0 Å². The lowest BCUT2D eigenvalue weighted by Gasteiger charge is -2.42. The number of rotatable bonds is 3. The van der Waals surface area contributed by atoms with Gasteiger partial charge in [-0.05, 0) is 31.2 Å². The van der Waals surface area contributed by atoms with Crippen molar-refractivity contribution in [2.45, 2.75) is 13.1 Å². The molecule has 1 aliphatic rings. The van der Waals surface area contributed by atoms with E-state index in [1.165, 1.54) is 0 Å². The molecule has 0 spiro atoms. The first-order chi connectivity index (χ1) is 11.0. The Bertz CT molecular complexity index is 753. The first kappa shape index (κ1) is 15.1. The van der Waals surface area contributed by atoms with Crippen molar-refractivity contribution in [2.75, 3.05) is 25.5 Å². The number of hydrogen-bond acceptors (Lipinski definition) is 4. The largest absolute Gasteiger partial charge is 0.462 e. The average Bonchev–Trinajstić information content (AvgIpc) is 2.98. The molecule has 0 fully saturated rings. The summed E-state index contributed by atoms with van der Waals surface area (Å²) in [7, 11) is 3.32. The van der Waals surface area contributed by atoms with Crippen molar-refractivity contribution in [1.29, 1.82) is 0 Å². The minimum Gasteiger partial charge on any atom is -0.462 e. The molecular formula is C17H19N3O3. The van der Waals surface area contributed by atoms with Crippen molar-refractivity contribution in [2.24, 2.45) is 0 Å². The summed E-state index contributed by atoms with van der Waals surface area (Å²) >= 11 is 0. The van der Waals surface area contributed by atoms with Crippen molar-refractivity contribution in [3.05, 3.63) is 53.5 Å². The molecule has 0 bridgehead atoms. The Morgan fingerprint density at radius 3 is 2.65 bits per heavy atom. The van der Waals surface area contributed by atoms with Gasteiger partial charge < -0.3 is 19.5 Å². The number of benzene rings is 1. The number of furan rings is 1. The molecule has 6 heteroatoms. The summed E-state index contributed by atoms with van der Waals surface area (Å²) < 4.78 is 5.73. The molecule has 2 heterocycles. The molecule has 1 aromatic carbocycles. The molecule has 120 valence electrons. The van der Waals surface area contributed by atoms with E-state index in [1.54, 1.807) is 25.1 Å². The standard InChI is InChI=1S/C17H19N3O3/c1-11-8-9-14(23-11)16-19(3)17(22)12-6-4-5-7-13(12)20(16)10-15(21)18-2/h4-9,16H,10H2,1-3H3,(H,18,21)/t16-/m1/s1. The van der Waals surface area contributed by atoms with Crippen LogP contribution in [0.5, 0.6) is 0 Å². The number of fused-ring (bicyclic) bond motifs is 1. The maximum absolute atomic E-state index is 12.7. The molecule has 1 aliphatic heterocycles. The van der Waals surface area contributed by atoms with Gasteiger partial charge in [0.1, 0.15) is 11.5 Å². The predicted molar refractivity (Wildman–Crippen MR) is 86.1 cm³/mol. The van der Waals surface area contributed by atoms with Gasteiger partial charge in [0.25, 0.3) is 5.91 Å². The molecule has 1 atom stereocenters. The molecule has 1 N–H and O–H groups in total. The summed E-state index contributed by atoms with van der Waals surface area (Å²) in [5.41, 5.74) is 1.32. The number of hydrogen-bond donors (Lipinski definition) is 1. The fourth-order valence-corrected chi connectivity index (χ4v) is 2.89. The van der Waals surface area contributed by atoms with E-state index in [0.29, 0.717) is 11.3 Å². The molecule has 2 amide bonds. The van der Waals surface area contributed by atoms with Crippen LogP contribution in [0.1, 0.15) is 28.0 Å². The quantitative estimate of drug-likeness (QED) is 0.940. The maximum Gasteiger partial charge on any atom is 0.257 e. The highest BCUT2D eigenvalue weighted by molar-refractivity contribution is 6.02. The minimum absolute atomic E-state index is 0.0900. The van der Waals surface area contributed by atoms with Gasteiger partial charge in [-0.2, -0.15) is 0 Å². The van der Waals surface area contributed by atoms with E-state index < -0.39 is 6.17 Å². The summed E-state index contributed by atoms with van der Waals surface area (Å²) in [6.07, 6.45) is -0.455. The Morgan fingerprint density at radius 2 is 2.00 bits per heavy atom. The number of nitrogens with zero attached hydrogens (tertiary/aromatic N) is 2. The van der Waals surface area contributed by atoms with Crippen LogP contribution in [0.3, 0.4) is 0 Å². The number of carbonyl (C=O) groups excluding carboxylic acids is 2. The van der Waals surface area contributed by atoms with Gasteiger partial charge in [0.2, 0.25) is 5.91 Å². The number of aryl methyl sites for hydroxylation is 1. The van der Waals surface area contributed by atoms with Crippen LogP contribution >= 0.6 is 0 Å². The zero-order valence-electron chi connectivity index (χ0n) is 13.4. The summed E-state index contributed by atoms with van der Waals surface area (Å²) in [4.78, 5) is 28.1. The molecule has 3 rings (SSSR count). The molecule has 6 nitrogen and oxygen atoms in total. The van der Waals surface area contributed by atoms with Crippen molar-refractivity contribution in [3.63, 3.8) is 0 Å². The number of likely N-dealkylation sites (N-methyl/N-ethyl adjacent to an activating group) is 1. The van der Waals surface area contributed by atoms with Crippen LogP contribution in [-0.2, 0) is 4.79 Å². The second kappa shape index (κ2) is 5.79. The molecule has 0 aliphatic carbocycles. The summed E-state index contributed by atoms with van der Waals surface area (Å²) in [6.45, 7) is 1.99. The normalized spacial score (nSPS) is 17.2. The third-order valence-electron chi connectivity index (χ3n) is 4.03. The predicted octanol–water partition coefficient (Wildman–Crippen LogP) is 1.92. The van der Waals surface area contributed by atoms with Crippen LogP contribution in [0, 0.1) is 6.92 Å². The summed E-state index contributed by atoms with van der Waals surface area (Å²) in [6, 6.07) is 11.0. The lowest BCUT2D eigenvalue weighted by Crippen LogP contribution is -2.50. The lowest BCUT2D eigenvalue weighted by molar-refractivity contribution is -0.119. The second-order valence-corrected chi connectivity index (χ2v) is 5.56. The monoisotopic (exact) mass is 313 g/mol. The van der Waals surface area contributed by atoms with Crippen LogP contribution < -0.4 is 10.2 Å². The Kier molecular flexibility index (Phi) is 3.82. The van der Waals surface area contributed by atoms with Gasteiger partial charge in [0.15, 0.2) is 6.17 Å². The van der Waals surface area contributed by atoms with Gasteiger partial charge in [-0.1, -0.05) is 12.1 Å². The molecular weight excluding hydrogens is 294 g/mol. The van der Waals surface area contributed by atoms with Crippen LogP contribution in [0.25, 0.3) is 0 Å². The highest BCUT2D eigenvalue weighted by atomic mass is 16.3. The van der Waals surface area contributed by atoms with Crippen LogP contribution in [0.4, 0.5) is 5.69 Å². The lowest BCUT2D eigenvalue weighted by atomic mass is 10.0. The first-order valence-corrected chi connectivity index (χ1v) is 7.42. The van der Waals surface area contributed by atoms with E-state index in [2.05, 4.69) is 5.32 Å². The number of nitrogens with one attached hydrogen (secondary N) is 1. The molecule has 23 heavy (non-hydrogen) atoms. The summed E-state index contributed by atoms with van der Waals surface area (Å²) in [5, 5.41) is 2.63. The van der Waals surface area contributed by atoms with E-state index in [0.717, 1.165) is 11.4 Å². The smallest absolute Gasteiger partial charge is 0.257 e. The van der Waals surface area contributed by atoms with Crippen molar-refractivity contribution in [1.82, 2.24) is 10.2 Å².